The molecule has 0 saturated carbocycles. The van der Waals surface area contributed by atoms with Crippen LogP contribution in [0.2, 0.25) is 0 Å². The number of nitrogens with one attached hydrogen (secondary N) is 1. The molecule has 21 heavy (non-hydrogen) atoms. The van der Waals surface area contributed by atoms with Gasteiger partial charge in [0.25, 0.3) is 0 Å². The van der Waals surface area contributed by atoms with Gasteiger partial charge in [0, 0.05) is 11.9 Å². The zero-order chi connectivity index (χ0) is 15.1. The molecule has 110 valence electrons. The van der Waals surface area contributed by atoms with Gasteiger partial charge in [-0.2, -0.15) is 0 Å². The molecule has 2 nitrogen and oxygen atoms in total. The molecule has 1 atom stereocenters. The van der Waals surface area contributed by atoms with Crippen molar-refractivity contribution < 1.29 is 9.18 Å². The fourth-order valence-electron chi connectivity index (χ4n) is 2.11. The van der Waals surface area contributed by atoms with E-state index in [1.165, 1.54) is 12.1 Å². The molecule has 4 heteroatoms. The zero-order valence-electron chi connectivity index (χ0n) is 11.6. The highest BCUT2D eigenvalue weighted by Gasteiger charge is 2.12. The molecule has 0 fully saturated rings. The van der Waals surface area contributed by atoms with E-state index in [0.29, 0.717) is 12.3 Å². The summed E-state index contributed by atoms with van der Waals surface area (Å²) in [6.07, 6.45) is 0.919. The van der Waals surface area contributed by atoms with Crippen molar-refractivity contribution in [3.8, 4) is 0 Å². The molecule has 0 unspecified atom stereocenters. The van der Waals surface area contributed by atoms with E-state index in [1.807, 2.05) is 30.3 Å². The van der Waals surface area contributed by atoms with Crippen molar-refractivity contribution in [2.45, 2.75) is 18.9 Å². The number of carbonyl (C=O) groups is 1. The number of rotatable bonds is 6. The number of halogens is 2. The minimum Gasteiger partial charge on any atom is -0.352 e. The molecule has 0 aliphatic rings. The Kier molecular flexibility index (Phi) is 5.76. The van der Waals surface area contributed by atoms with Crippen LogP contribution in [-0.2, 0) is 17.6 Å². The van der Waals surface area contributed by atoms with Gasteiger partial charge in [0.05, 0.1) is 6.42 Å². The molecule has 0 aromatic heterocycles. The molecule has 1 N–H and O–H groups in total. The lowest BCUT2D eigenvalue weighted by Crippen LogP contribution is -2.38. The second-order valence-electron chi connectivity index (χ2n) is 4.91. The van der Waals surface area contributed by atoms with Crippen LogP contribution in [0.3, 0.4) is 0 Å². The maximum atomic E-state index is 12.8. The first-order chi connectivity index (χ1) is 10.2. The van der Waals surface area contributed by atoms with Gasteiger partial charge < -0.3 is 5.32 Å². The number of carbonyl (C=O) groups excluding carboxylic acids is 1. The van der Waals surface area contributed by atoms with Crippen LogP contribution in [0.1, 0.15) is 11.1 Å². The van der Waals surface area contributed by atoms with Gasteiger partial charge in [-0.25, -0.2) is 4.39 Å². The summed E-state index contributed by atoms with van der Waals surface area (Å²) in [7, 11) is 0. The highest BCUT2D eigenvalue weighted by Crippen LogP contribution is 2.06. The number of alkyl halides is 1. The quantitative estimate of drug-likeness (QED) is 0.815. The van der Waals surface area contributed by atoms with Crippen LogP contribution >= 0.6 is 11.6 Å². The summed E-state index contributed by atoms with van der Waals surface area (Å²) in [5, 5.41) is 2.91. The fraction of sp³-hybridized carbons (Fsp3) is 0.235. The van der Waals surface area contributed by atoms with Crippen LogP contribution in [-0.4, -0.2) is 17.8 Å². The number of benzene rings is 2. The van der Waals surface area contributed by atoms with Gasteiger partial charge in [-0.05, 0) is 29.7 Å². The summed E-state index contributed by atoms with van der Waals surface area (Å²) in [6, 6.07) is 15.7. The van der Waals surface area contributed by atoms with Crippen LogP contribution in [0.25, 0.3) is 0 Å². The van der Waals surface area contributed by atoms with E-state index in [-0.39, 0.29) is 24.2 Å². The van der Waals surface area contributed by atoms with Crippen molar-refractivity contribution in [2.24, 2.45) is 0 Å². The molecular weight excluding hydrogens is 289 g/mol. The molecular formula is C17H17ClFNO. The van der Waals surface area contributed by atoms with Crippen molar-refractivity contribution in [3.63, 3.8) is 0 Å². The van der Waals surface area contributed by atoms with Crippen molar-refractivity contribution in [3.05, 3.63) is 71.5 Å². The minimum atomic E-state index is -0.304. The molecule has 0 aliphatic carbocycles. The highest BCUT2D eigenvalue weighted by molar-refractivity contribution is 6.18. The van der Waals surface area contributed by atoms with Crippen molar-refractivity contribution in [1.29, 1.82) is 0 Å². The summed E-state index contributed by atoms with van der Waals surface area (Å²) >= 11 is 5.92. The lowest BCUT2D eigenvalue weighted by molar-refractivity contribution is -0.121. The summed E-state index contributed by atoms with van der Waals surface area (Å²) in [5.41, 5.74) is 1.91. The monoisotopic (exact) mass is 305 g/mol. The minimum absolute atomic E-state index is 0.108. The Morgan fingerprint density at radius 3 is 2.33 bits per heavy atom. The van der Waals surface area contributed by atoms with Crippen LogP contribution in [0.4, 0.5) is 4.39 Å². The van der Waals surface area contributed by atoms with Crippen molar-refractivity contribution in [2.75, 3.05) is 5.88 Å². The highest BCUT2D eigenvalue weighted by atomic mass is 35.5. The van der Waals surface area contributed by atoms with E-state index >= 15 is 0 Å². The maximum Gasteiger partial charge on any atom is 0.224 e. The Labute approximate surface area is 128 Å². The van der Waals surface area contributed by atoms with Gasteiger partial charge in [0.1, 0.15) is 5.82 Å². The SMILES string of the molecule is O=C(Cc1ccc(F)cc1)N[C@H](CCl)Cc1ccccc1. The average molecular weight is 306 g/mol. The molecule has 0 aliphatic heterocycles. The van der Waals surface area contributed by atoms with Crippen LogP contribution < -0.4 is 5.32 Å². The molecule has 0 bridgehead atoms. The molecule has 2 aromatic carbocycles. The van der Waals surface area contributed by atoms with Crippen LogP contribution in [0.15, 0.2) is 54.6 Å². The van der Waals surface area contributed by atoms with E-state index in [1.54, 1.807) is 12.1 Å². The lowest BCUT2D eigenvalue weighted by Gasteiger charge is -2.16. The van der Waals surface area contributed by atoms with E-state index in [0.717, 1.165) is 11.1 Å². The average Bonchev–Trinajstić information content (AvgIpc) is 2.50. The molecule has 0 radical (unpaired) electrons. The van der Waals surface area contributed by atoms with E-state index in [2.05, 4.69) is 5.32 Å². The van der Waals surface area contributed by atoms with Gasteiger partial charge in [0.2, 0.25) is 5.91 Å². The van der Waals surface area contributed by atoms with Gasteiger partial charge in [0.15, 0.2) is 0 Å². The third-order valence-electron chi connectivity index (χ3n) is 3.15. The zero-order valence-corrected chi connectivity index (χ0v) is 12.3. The number of hydrogen-bond donors (Lipinski definition) is 1. The van der Waals surface area contributed by atoms with Gasteiger partial charge in [-0.3, -0.25) is 4.79 Å². The van der Waals surface area contributed by atoms with Gasteiger partial charge >= 0.3 is 0 Å². The second-order valence-corrected chi connectivity index (χ2v) is 5.22. The molecule has 1 amide bonds. The lowest BCUT2D eigenvalue weighted by atomic mass is 10.1. The standard InChI is InChI=1S/C17H17ClFNO/c18-12-16(10-13-4-2-1-3-5-13)20-17(21)11-14-6-8-15(19)9-7-14/h1-9,16H,10-12H2,(H,20,21)/t16-/m0/s1. The summed E-state index contributed by atoms with van der Waals surface area (Å²) in [6.45, 7) is 0. The first kappa shape index (κ1) is 15.5. The topological polar surface area (TPSA) is 29.1 Å². The Hall–Kier alpha value is -1.87. The molecule has 0 saturated heterocycles. The van der Waals surface area contributed by atoms with E-state index < -0.39 is 0 Å². The summed E-state index contributed by atoms with van der Waals surface area (Å²) in [5.74, 6) is -0.0607. The maximum absolute atomic E-state index is 12.8. The fourth-order valence-corrected chi connectivity index (χ4v) is 2.30. The number of hydrogen-bond acceptors (Lipinski definition) is 1. The van der Waals surface area contributed by atoms with Crippen molar-refractivity contribution in [1.82, 2.24) is 5.32 Å². The summed E-state index contributed by atoms with van der Waals surface area (Å²) < 4.78 is 12.8. The largest absolute Gasteiger partial charge is 0.352 e. The first-order valence-electron chi connectivity index (χ1n) is 6.81. The van der Waals surface area contributed by atoms with Gasteiger partial charge in [-0.1, -0.05) is 42.5 Å². The van der Waals surface area contributed by atoms with Crippen molar-refractivity contribution >= 4 is 17.5 Å². The molecule has 0 spiro atoms. The third-order valence-corrected chi connectivity index (χ3v) is 3.53. The predicted octanol–water partition coefficient (Wildman–Crippen LogP) is 3.33. The molecule has 2 aromatic rings. The van der Waals surface area contributed by atoms with E-state index in [9.17, 15) is 9.18 Å². The van der Waals surface area contributed by atoms with Gasteiger partial charge in [-0.15, -0.1) is 11.6 Å². The van der Waals surface area contributed by atoms with Crippen LogP contribution in [0.5, 0.6) is 0 Å². The molecule has 2 rings (SSSR count). The Morgan fingerprint density at radius 1 is 1.05 bits per heavy atom. The predicted molar refractivity (Wildman–Crippen MR) is 82.9 cm³/mol. The summed E-state index contributed by atoms with van der Waals surface area (Å²) in [4.78, 5) is 12.0. The van der Waals surface area contributed by atoms with E-state index in [4.69, 9.17) is 11.6 Å². The Bertz CT molecular complexity index is 571. The second kappa shape index (κ2) is 7.79. The Balaban J connectivity index is 1.89. The third kappa shape index (κ3) is 5.20. The normalized spacial score (nSPS) is 11.9. The smallest absolute Gasteiger partial charge is 0.224 e. The molecule has 0 heterocycles. The first-order valence-corrected chi connectivity index (χ1v) is 7.34. The van der Waals surface area contributed by atoms with Crippen LogP contribution in [0, 0.1) is 5.82 Å². The Morgan fingerprint density at radius 2 is 1.71 bits per heavy atom. The number of amides is 1.